The van der Waals surface area contributed by atoms with Crippen molar-refractivity contribution < 1.29 is 4.21 Å². The number of nitrogens with zero attached hydrogens (tertiary/aromatic N) is 1. The summed E-state index contributed by atoms with van der Waals surface area (Å²) in [5, 5.41) is 1.05. The van der Waals surface area contributed by atoms with Crippen LogP contribution in [0.2, 0.25) is 0 Å². The van der Waals surface area contributed by atoms with Crippen LogP contribution in [0.25, 0.3) is 10.9 Å². The predicted octanol–water partition coefficient (Wildman–Crippen LogP) is 3.89. The SMILES string of the molecule is Nc1ccc(Br)cc1S(=O)Cc1ccc2ncccc2c1. The fraction of sp³-hybridized carbons (Fsp3) is 0.0625. The van der Waals surface area contributed by atoms with Crippen molar-refractivity contribution in [2.24, 2.45) is 0 Å². The van der Waals surface area contributed by atoms with E-state index in [4.69, 9.17) is 5.73 Å². The molecule has 2 aromatic carbocycles. The second kappa shape index (κ2) is 5.95. The molecule has 0 saturated heterocycles. The van der Waals surface area contributed by atoms with Crippen molar-refractivity contribution in [3.63, 3.8) is 0 Å². The van der Waals surface area contributed by atoms with E-state index in [1.54, 1.807) is 12.3 Å². The van der Waals surface area contributed by atoms with E-state index in [9.17, 15) is 4.21 Å². The van der Waals surface area contributed by atoms with E-state index in [-0.39, 0.29) is 0 Å². The maximum atomic E-state index is 12.5. The Morgan fingerprint density at radius 1 is 1.14 bits per heavy atom. The average molecular weight is 361 g/mol. The van der Waals surface area contributed by atoms with Crippen LogP contribution < -0.4 is 5.73 Å². The molecule has 0 fully saturated rings. The number of rotatable bonds is 3. The maximum absolute atomic E-state index is 12.5. The van der Waals surface area contributed by atoms with Gasteiger partial charge in [-0.2, -0.15) is 0 Å². The molecule has 3 nitrogen and oxygen atoms in total. The van der Waals surface area contributed by atoms with Crippen LogP contribution in [-0.4, -0.2) is 9.19 Å². The van der Waals surface area contributed by atoms with Gasteiger partial charge in [-0.05, 0) is 42.0 Å². The van der Waals surface area contributed by atoms with E-state index in [2.05, 4.69) is 20.9 Å². The van der Waals surface area contributed by atoms with Gasteiger partial charge in [0.05, 0.1) is 27.0 Å². The van der Waals surface area contributed by atoms with Crippen molar-refractivity contribution in [1.29, 1.82) is 0 Å². The summed E-state index contributed by atoms with van der Waals surface area (Å²) in [6, 6.07) is 15.3. The molecule has 3 aromatic rings. The lowest BCUT2D eigenvalue weighted by molar-refractivity contribution is 0.683. The van der Waals surface area contributed by atoms with Gasteiger partial charge in [0.1, 0.15) is 0 Å². The van der Waals surface area contributed by atoms with Crippen LogP contribution in [-0.2, 0) is 16.6 Å². The quantitative estimate of drug-likeness (QED) is 0.720. The molecule has 5 heteroatoms. The number of pyridine rings is 1. The van der Waals surface area contributed by atoms with E-state index in [1.165, 1.54) is 0 Å². The van der Waals surface area contributed by atoms with Crippen molar-refractivity contribution in [2.45, 2.75) is 10.6 Å². The standard InChI is InChI=1S/C16H13BrN2OS/c17-13-4-5-14(18)16(9-13)21(20)10-11-3-6-15-12(8-11)2-1-7-19-15/h1-9H,10,18H2. The number of aromatic nitrogens is 1. The van der Waals surface area contributed by atoms with Crippen LogP contribution in [0.4, 0.5) is 5.69 Å². The summed E-state index contributed by atoms with van der Waals surface area (Å²) in [4.78, 5) is 4.95. The van der Waals surface area contributed by atoms with Gasteiger partial charge in [0.2, 0.25) is 0 Å². The topological polar surface area (TPSA) is 56.0 Å². The molecule has 1 atom stereocenters. The van der Waals surface area contributed by atoms with E-state index in [1.807, 2.05) is 42.5 Å². The molecule has 1 heterocycles. The molecule has 2 N–H and O–H groups in total. The summed E-state index contributed by atoms with van der Waals surface area (Å²) in [7, 11) is -1.17. The lowest BCUT2D eigenvalue weighted by atomic mass is 10.1. The summed E-state index contributed by atoms with van der Waals surface area (Å²) in [6.45, 7) is 0. The Hall–Kier alpha value is -1.72. The monoisotopic (exact) mass is 360 g/mol. The first kappa shape index (κ1) is 14.2. The highest BCUT2D eigenvalue weighted by atomic mass is 79.9. The second-order valence-corrected chi connectivity index (χ2v) is 7.04. The van der Waals surface area contributed by atoms with Crippen LogP contribution >= 0.6 is 15.9 Å². The number of nitrogen functional groups attached to an aromatic ring is 1. The largest absolute Gasteiger partial charge is 0.398 e. The molecule has 106 valence electrons. The molecule has 0 aliphatic carbocycles. The minimum Gasteiger partial charge on any atom is -0.398 e. The molecule has 0 bridgehead atoms. The van der Waals surface area contributed by atoms with Crippen LogP contribution in [0.3, 0.4) is 0 Å². The summed E-state index contributed by atoms with van der Waals surface area (Å²) >= 11 is 3.38. The number of fused-ring (bicyclic) bond motifs is 1. The van der Waals surface area contributed by atoms with Gasteiger partial charge in [-0.3, -0.25) is 9.19 Å². The molecule has 0 spiro atoms. The second-order valence-electron chi connectivity index (χ2n) is 4.70. The van der Waals surface area contributed by atoms with Crippen LogP contribution in [0.5, 0.6) is 0 Å². The molecule has 0 amide bonds. The van der Waals surface area contributed by atoms with Crippen molar-refractivity contribution in [2.75, 3.05) is 5.73 Å². The predicted molar refractivity (Wildman–Crippen MR) is 90.4 cm³/mol. The molecular formula is C16H13BrN2OS. The third-order valence-electron chi connectivity index (χ3n) is 3.19. The maximum Gasteiger partial charge on any atom is 0.0702 e. The lowest BCUT2D eigenvalue weighted by Gasteiger charge is -2.07. The van der Waals surface area contributed by atoms with Crippen LogP contribution in [0.15, 0.2) is 64.1 Å². The highest BCUT2D eigenvalue weighted by Crippen LogP contribution is 2.24. The summed E-state index contributed by atoms with van der Waals surface area (Å²) < 4.78 is 13.4. The van der Waals surface area contributed by atoms with Crippen molar-refractivity contribution in [1.82, 2.24) is 4.98 Å². The van der Waals surface area contributed by atoms with Gasteiger partial charge in [-0.25, -0.2) is 0 Å². The molecule has 3 rings (SSSR count). The number of nitrogens with two attached hydrogens (primary N) is 1. The summed E-state index contributed by atoms with van der Waals surface area (Å²) in [5.41, 5.74) is 8.41. The molecule has 1 aromatic heterocycles. The Labute approximate surface area is 133 Å². The van der Waals surface area contributed by atoms with Crippen molar-refractivity contribution in [3.8, 4) is 0 Å². The smallest absolute Gasteiger partial charge is 0.0702 e. The number of halogens is 1. The summed E-state index contributed by atoms with van der Waals surface area (Å²) in [6.07, 6.45) is 1.77. The number of anilines is 1. The third-order valence-corrected chi connectivity index (χ3v) is 5.12. The molecule has 21 heavy (non-hydrogen) atoms. The van der Waals surface area contributed by atoms with Gasteiger partial charge >= 0.3 is 0 Å². The van der Waals surface area contributed by atoms with Gasteiger partial charge in [0, 0.05) is 21.7 Å². The number of hydrogen-bond acceptors (Lipinski definition) is 3. The molecule has 0 saturated carbocycles. The molecule has 0 aliphatic rings. The van der Waals surface area contributed by atoms with Crippen LogP contribution in [0.1, 0.15) is 5.56 Å². The lowest BCUT2D eigenvalue weighted by Crippen LogP contribution is -2.01. The van der Waals surface area contributed by atoms with Gasteiger partial charge in [0.15, 0.2) is 0 Å². The fourth-order valence-corrected chi connectivity index (χ4v) is 3.89. The number of hydrogen-bond donors (Lipinski definition) is 1. The van der Waals surface area contributed by atoms with Crippen molar-refractivity contribution >= 4 is 43.3 Å². The highest BCUT2D eigenvalue weighted by molar-refractivity contribution is 9.10. The highest BCUT2D eigenvalue weighted by Gasteiger charge is 2.10. The van der Waals surface area contributed by atoms with Crippen molar-refractivity contribution in [3.05, 3.63) is 64.8 Å². The van der Waals surface area contributed by atoms with Gasteiger partial charge < -0.3 is 5.73 Å². The first-order valence-electron chi connectivity index (χ1n) is 6.40. The van der Waals surface area contributed by atoms with Gasteiger partial charge in [-0.1, -0.05) is 28.1 Å². The minimum atomic E-state index is -1.17. The molecule has 1 unspecified atom stereocenters. The number of benzene rings is 2. The van der Waals surface area contributed by atoms with Crippen LogP contribution in [0, 0.1) is 0 Å². The average Bonchev–Trinajstić information content (AvgIpc) is 2.49. The normalized spacial score (nSPS) is 12.4. The Kier molecular flexibility index (Phi) is 4.03. The Bertz CT molecular complexity index is 835. The first-order chi connectivity index (χ1) is 10.1. The third kappa shape index (κ3) is 3.14. The Morgan fingerprint density at radius 3 is 2.86 bits per heavy atom. The Morgan fingerprint density at radius 2 is 2.00 bits per heavy atom. The van der Waals surface area contributed by atoms with E-state index < -0.39 is 10.8 Å². The fourth-order valence-electron chi connectivity index (χ4n) is 2.15. The van der Waals surface area contributed by atoms with E-state index >= 15 is 0 Å². The van der Waals surface area contributed by atoms with Gasteiger partial charge in [-0.15, -0.1) is 0 Å². The summed E-state index contributed by atoms with van der Waals surface area (Å²) in [5.74, 6) is 0.436. The Balaban J connectivity index is 1.90. The zero-order valence-electron chi connectivity index (χ0n) is 11.1. The van der Waals surface area contributed by atoms with E-state index in [0.29, 0.717) is 16.3 Å². The molecule has 0 radical (unpaired) electrons. The van der Waals surface area contributed by atoms with E-state index in [0.717, 1.165) is 20.9 Å². The minimum absolute atomic E-state index is 0.436. The van der Waals surface area contributed by atoms with Gasteiger partial charge in [0.25, 0.3) is 0 Å². The zero-order valence-corrected chi connectivity index (χ0v) is 13.5. The first-order valence-corrected chi connectivity index (χ1v) is 8.52. The molecular weight excluding hydrogens is 348 g/mol. The zero-order chi connectivity index (χ0) is 14.8. The molecule has 0 aliphatic heterocycles.